The topological polar surface area (TPSA) is 128 Å². The predicted molar refractivity (Wildman–Crippen MR) is 131 cm³/mol. The van der Waals surface area contributed by atoms with Crippen molar-refractivity contribution in [3.63, 3.8) is 0 Å². The molecule has 1 aliphatic rings. The normalized spacial score (nSPS) is 16.8. The van der Waals surface area contributed by atoms with Crippen LogP contribution in [0.1, 0.15) is 23.6 Å². The number of imidazole rings is 1. The lowest BCUT2D eigenvalue weighted by atomic mass is 9.95. The van der Waals surface area contributed by atoms with Crippen LogP contribution in [0.4, 0.5) is 5.69 Å². The zero-order chi connectivity index (χ0) is 25.7. The number of Topliss-reactive ketones (excluding diaryl/α,β-unsaturated/α-hetero) is 1. The number of ether oxygens (including phenoxy) is 1. The van der Waals surface area contributed by atoms with Gasteiger partial charge in [0.1, 0.15) is 18.1 Å². The Morgan fingerprint density at radius 1 is 1.19 bits per heavy atom. The van der Waals surface area contributed by atoms with E-state index in [0.717, 1.165) is 0 Å². The van der Waals surface area contributed by atoms with Crippen LogP contribution in [0.25, 0.3) is 5.76 Å². The van der Waals surface area contributed by atoms with Crippen LogP contribution in [0.3, 0.4) is 0 Å². The molecule has 0 spiro atoms. The summed E-state index contributed by atoms with van der Waals surface area (Å²) in [6.45, 7) is 4.65. The van der Waals surface area contributed by atoms with Gasteiger partial charge < -0.3 is 19.3 Å². The summed E-state index contributed by atoms with van der Waals surface area (Å²) in [5.74, 6) is -1.44. The largest absolute Gasteiger partial charge is 0.507 e. The Balaban J connectivity index is 1.73. The minimum atomic E-state index is -0.982. The van der Waals surface area contributed by atoms with Gasteiger partial charge in [0.25, 0.3) is 17.4 Å². The Morgan fingerprint density at radius 2 is 1.97 bits per heavy atom. The summed E-state index contributed by atoms with van der Waals surface area (Å²) in [6, 6.07) is 11.2. The van der Waals surface area contributed by atoms with Crippen molar-refractivity contribution in [3.8, 4) is 5.75 Å². The number of ketones is 1. The number of aliphatic hydroxyl groups excluding tert-OH is 1. The minimum Gasteiger partial charge on any atom is -0.507 e. The monoisotopic (exact) mass is 488 g/mol. The number of aliphatic hydroxyl groups is 1. The fourth-order valence-electron chi connectivity index (χ4n) is 4.13. The molecule has 10 nitrogen and oxygen atoms in total. The van der Waals surface area contributed by atoms with E-state index in [4.69, 9.17) is 4.74 Å². The lowest BCUT2D eigenvalue weighted by molar-refractivity contribution is -0.384. The van der Waals surface area contributed by atoms with Crippen LogP contribution in [0, 0.1) is 10.1 Å². The number of aromatic nitrogens is 2. The van der Waals surface area contributed by atoms with Gasteiger partial charge in [-0.3, -0.25) is 19.7 Å². The van der Waals surface area contributed by atoms with Gasteiger partial charge >= 0.3 is 0 Å². The zero-order valence-corrected chi connectivity index (χ0v) is 19.3. The van der Waals surface area contributed by atoms with Gasteiger partial charge in [0.2, 0.25) is 0 Å². The second kappa shape index (κ2) is 10.7. The van der Waals surface area contributed by atoms with Crippen LogP contribution in [0.2, 0.25) is 0 Å². The molecule has 0 aliphatic carbocycles. The van der Waals surface area contributed by atoms with Crippen LogP contribution < -0.4 is 4.74 Å². The molecule has 36 heavy (non-hydrogen) atoms. The molecule has 10 heteroatoms. The van der Waals surface area contributed by atoms with Gasteiger partial charge in [0.15, 0.2) is 0 Å². The molecule has 2 heterocycles. The maximum absolute atomic E-state index is 13.1. The van der Waals surface area contributed by atoms with Crippen molar-refractivity contribution in [2.75, 3.05) is 13.2 Å². The van der Waals surface area contributed by atoms with Crippen LogP contribution in [-0.2, 0) is 16.1 Å². The molecule has 1 atom stereocenters. The zero-order valence-electron chi connectivity index (χ0n) is 19.3. The highest BCUT2D eigenvalue weighted by atomic mass is 16.6. The first-order valence-corrected chi connectivity index (χ1v) is 11.2. The number of likely N-dealkylation sites (tertiary alicyclic amines) is 1. The number of hydrogen-bond acceptors (Lipinski definition) is 7. The maximum Gasteiger partial charge on any atom is 0.295 e. The van der Waals surface area contributed by atoms with Crippen molar-refractivity contribution in [2.45, 2.75) is 19.0 Å². The summed E-state index contributed by atoms with van der Waals surface area (Å²) in [7, 11) is 0. The van der Waals surface area contributed by atoms with Crippen molar-refractivity contribution in [1.82, 2.24) is 14.5 Å². The lowest BCUT2D eigenvalue weighted by Crippen LogP contribution is -2.31. The Labute approximate surface area is 206 Å². The number of nitro benzene ring substituents is 1. The average molecular weight is 489 g/mol. The number of benzene rings is 2. The van der Waals surface area contributed by atoms with Gasteiger partial charge in [0.05, 0.1) is 22.9 Å². The second-order valence-corrected chi connectivity index (χ2v) is 8.12. The Kier molecular flexibility index (Phi) is 7.24. The number of rotatable bonds is 10. The number of hydrogen-bond donors (Lipinski definition) is 1. The maximum atomic E-state index is 13.1. The molecule has 1 aliphatic heterocycles. The molecule has 1 aromatic heterocycles. The number of nitrogens with zero attached hydrogens (tertiary/aromatic N) is 4. The molecule has 0 saturated carbocycles. The fraction of sp³-hybridized carbons (Fsp3) is 0.192. The van der Waals surface area contributed by atoms with E-state index in [-0.39, 0.29) is 23.6 Å². The molecule has 1 saturated heterocycles. The number of carbonyl (C=O) groups is 2. The smallest absolute Gasteiger partial charge is 0.295 e. The standard InChI is InChI=1S/C26H24N4O6/c1-2-15-36-21-9-7-18(8-10-21)24(31)22-23(19-5-3-6-20(16-19)30(34)35)29(26(33)25(22)32)13-4-12-28-14-11-27-17-28/h2-3,5-11,14,16-17,23,31H,1,4,12-13,15H2/t23-/m1/s1. The summed E-state index contributed by atoms with van der Waals surface area (Å²) in [4.78, 5) is 42.4. The highest BCUT2D eigenvalue weighted by Gasteiger charge is 2.46. The van der Waals surface area contributed by atoms with Gasteiger partial charge in [-0.05, 0) is 36.2 Å². The Morgan fingerprint density at radius 3 is 2.64 bits per heavy atom. The number of nitro groups is 1. The first-order chi connectivity index (χ1) is 17.4. The molecule has 4 rings (SSSR count). The number of carbonyl (C=O) groups excluding carboxylic acids is 2. The quantitative estimate of drug-likeness (QED) is 0.115. The van der Waals surface area contributed by atoms with Gasteiger partial charge in [-0.2, -0.15) is 0 Å². The first kappa shape index (κ1) is 24.4. The van der Waals surface area contributed by atoms with Crippen LogP contribution in [0.5, 0.6) is 5.75 Å². The molecule has 1 N–H and O–H groups in total. The summed E-state index contributed by atoms with van der Waals surface area (Å²) in [5, 5.41) is 22.6. The van der Waals surface area contributed by atoms with Crippen molar-refractivity contribution in [3.05, 3.63) is 107 Å². The van der Waals surface area contributed by atoms with Crippen molar-refractivity contribution >= 4 is 23.1 Å². The SMILES string of the molecule is C=CCOc1ccc(C(O)=C2C(=O)C(=O)N(CCCn3ccnc3)[C@@H]2c2cccc([N+](=O)[O-])c2)cc1. The molecule has 3 aromatic rings. The first-order valence-electron chi connectivity index (χ1n) is 11.2. The third-order valence-corrected chi connectivity index (χ3v) is 5.81. The van der Waals surface area contributed by atoms with Crippen molar-refractivity contribution in [1.29, 1.82) is 0 Å². The van der Waals surface area contributed by atoms with Gasteiger partial charge in [-0.25, -0.2) is 4.98 Å². The predicted octanol–water partition coefficient (Wildman–Crippen LogP) is 3.87. The molecule has 1 fully saturated rings. The fourth-order valence-corrected chi connectivity index (χ4v) is 4.13. The Hall–Kier alpha value is -4.73. The molecule has 184 valence electrons. The summed E-state index contributed by atoms with van der Waals surface area (Å²) in [5.41, 5.74) is 0.370. The molecule has 1 amide bonds. The van der Waals surface area contributed by atoms with E-state index in [0.29, 0.717) is 36.4 Å². The third kappa shape index (κ3) is 5.02. The number of aryl methyl sites for hydroxylation is 1. The molecular weight excluding hydrogens is 464 g/mol. The van der Waals surface area contributed by atoms with Crippen molar-refractivity contribution in [2.24, 2.45) is 0 Å². The van der Waals surface area contributed by atoms with Crippen molar-refractivity contribution < 1.29 is 24.4 Å². The van der Waals surface area contributed by atoms with E-state index in [2.05, 4.69) is 11.6 Å². The Bertz CT molecular complexity index is 1310. The number of non-ortho nitro benzene ring substituents is 1. The van der Waals surface area contributed by atoms with Gasteiger partial charge in [-0.1, -0.05) is 24.8 Å². The van der Waals surface area contributed by atoms with E-state index >= 15 is 0 Å². The highest BCUT2D eigenvalue weighted by Crippen LogP contribution is 2.40. The van der Waals surface area contributed by atoms with Crippen LogP contribution in [-0.4, -0.2) is 49.3 Å². The number of amides is 1. The van der Waals surface area contributed by atoms with E-state index in [1.807, 2.05) is 4.57 Å². The third-order valence-electron chi connectivity index (χ3n) is 5.81. The summed E-state index contributed by atoms with van der Waals surface area (Å²) in [6.07, 6.45) is 7.18. The molecular formula is C26H24N4O6. The molecule has 2 aromatic carbocycles. The summed E-state index contributed by atoms with van der Waals surface area (Å²) < 4.78 is 7.30. The van der Waals surface area contributed by atoms with Crippen LogP contribution in [0.15, 0.2) is 85.5 Å². The van der Waals surface area contributed by atoms with Gasteiger partial charge in [0, 0.05) is 43.2 Å². The molecule has 0 unspecified atom stereocenters. The average Bonchev–Trinajstić information content (AvgIpc) is 3.50. The molecule has 0 radical (unpaired) electrons. The van der Waals surface area contributed by atoms with E-state index in [1.54, 1.807) is 55.1 Å². The lowest BCUT2D eigenvalue weighted by Gasteiger charge is -2.25. The van der Waals surface area contributed by atoms with Gasteiger partial charge in [-0.15, -0.1) is 0 Å². The van der Waals surface area contributed by atoms with E-state index in [9.17, 15) is 24.8 Å². The minimum absolute atomic E-state index is 0.122. The van der Waals surface area contributed by atoms with E-state index in [1.165, 1.54) is 23.1 Å². The molecule has 0 bridgehead atoms. The van der Waals surface area contributed by atoms with Crippen LogP contribution >= 0.6 is 0 Å². The highest BCUT2D eigenvalue weighted by molar-refractivity contribution is 6.46. The second-order valence-electron chi connectivity index (χ2n) is 8.12. The summed E-state index contributed by atoms with van der Waals surface area (Å²) >= 11 is 0. The van der Waals surface area contributed by atoms with E-state index < -0.39 is 22.7 Å².